The predicted octanol–water partition coefficient (Wildman–Crippen LogP) is 3.20. The molecule has 132 valence electrons. The second kappa shape index (κ2) is 7.18. The summed E-state index contributed by atoms with van der Waals surface area (Å²) < 4.78 is 0. The molecule has 3 N–H and O–H groups in total. The lowest BCUT2D eigenvalue weighted by Gasteiger charge is -2.11. The topological polar surface area (TPSA) is 111 Å². The SMILES string of the molecule is Cc1cc(NCCc2cccc(C(N)=O)c2)c2cccc([N+](=O)[O-])c2n1. The number of carbonyl (C=O) groups is 1. The zero-order valence-corrected chi connectivity index (χ0v) is 14.2. The largest absolute Gasteiger partial charge is 0.384 e. The van der Waals surface area contributed by atoms with Gasteiger partial charge in [0.2, 0.25) is 5.91 Å². The van der Waals surface area contributed by atoms with E-state index in [-0.39, 0.29) is 5.69 Å². The van der Waals surface area contributed by atoms with Crippen LogP contribution in [0.15, 0.2) is 48.5 Å². The number of nitrogens with two attached hydrogens (primary N) is 1. The number of fused-ring (bicyclic) bond motifs is 1. The van der Waals surface area contributed by atoms with Crippen molar-refractivity contribution in [3.63, 3.8) is 0 Å². The highest BCUT2D eigenvalue weighted by Gasteiger charge is 2.15. The molecule has 0 aliphatic rings. The second-order valence-corrected chi connectivity index (χ2v) is 5.98. The normalized spacial score (nSPS) is 10.7. The summed E-state index contributed by atoms with van der Waals surface area (Å²) in [6, 6.07) is 14.0. The first-order valence-corrected chi connectivity index (χ1v) is 8.13. The number of carbonyl (C=O) groups excluding carboxylic acids is 1. The van der Waals surface area contributed by atoms with Crippen LogP contribution in [-0.2, 0) is 6.42 Å². The molecule has 2 aromatic carbocycles. The number of aromatic nitrogens is 1. The first-order valence-electron chi connectivity index (χ1n) is 8.13. The van der Waals surface area contributed by atoms with Crippen LogP contribution in [0, 0.1) is 17.0 Å². The van der Waals surface area contributed by atoms with Gasteiger partial charge in [-0.2, -0.15) is 0 Å². The number of rotatable bonds is 6. The number of nitrogens with one attached hydrogen (secondary N) is 1. The summed E-state index contributed by atoms with van der Waals surface area (Å²) >= 11 is 0. The van der Waals surface area contributed by atoms with Crippen LogP contribution in [0.3, 0.4) is 0 Å². The Morgan fingerprint density at radius 1 is 1.23 bits per heavy atom. The fourth-order valence-corrected chi connectivity index (χ4v) is 2.88. The Morgan fingerprint density at radius 3 is 2.73 bits per heavy atom. The monoisotopic (exact) mass is 350 g/mol. The van der Waals surface area contributed by atoms with Crippen molar-refractivity contribution in [2.75, 3.05) is 11.9 Å². The summed E-state index contributed by atoms with van der Waals surface area (Å²) in [5, 5.41) is 15.2. The molecule has 1 aromatic heterocycles. The molecule has 0 atom stereocenters. The summed E-state index contributed by atoms with van der Waals surface area (Å²) in [7, 11) is 0. The molecule has 0 aliphatic heterocycles. The van der Waals surface area contributed by atoms with E-state index in [9.17, 15) is 14.9 Å². The Hall–Kier alpha value is -3.48. The highest BCUT2D eigenvalue weighted by atomic mass is 16.6. The van der Waals surface area contributed by atoms with Crippen molar-refractivity contribution < 1.29 is 9.72 Å². The Bertz CT molecular complexity index is 1000. The van der Waals surface area contributed by atoms with E-state index in [1.54, 1.807) is 31.2 Å². The quantitative estimate of drug-likeness (QED) is 0.524. The molecule has 0 saturated heterocycles. The number of primary amides is 1. The molecule has 0 spiro atoms. The third-order valence-corrected chi connectivity index (χ3v) is 4.08. The molecule has 26 heavy (non-hydrogen) atoms. The van der Waals surface area contributed by atoms with Crippen LogP contribution in [-0.4, -0.2) is 22.4 Å². The molecule has 1 heterocycles. The number of nitro benzene ring substituents is 1. The maximum atomic E-state index is 11.3. The van der Waals surface area contributed by atoms with Crippen molar-refractivity contribution in [1.29, 1.82) is 0 Å². The van der Waals surface area contributed by atoms with Crippen LogP contribution in [0.1, 0.15) is 21.6 Å². The van der Waals surface area contributed by atoms with Crippen molar-refractivity contribution in [2.45, 2.75) is 13.3 Å². The van der Waals surface area contributed by atoms with E-state index in [1.807, 2.05) is 18.2 Å². The number of hydrogen-bond donors (Lipinski definition) is 2. The van der Waals surface area contributed by atoms with Crippen LogP contribution in [0.25, 0.3) is 10.9 Å². The summed E-state index contributed by atoms with van der Waals surface area (Å²) in [5.41, 5.74) is 8.61. The highest BCUT2D eigenvalue weighted by molar-refractivity contribution is 5.96. The molecular formula is C19H18N4O3. The molecule has 7 nitrogen and oxygen atoms in total. The van der Waals surface area contributed by atoms with E-state index in [1.165, 1.54) is 6.07 Å². The van der Waals surface area contributed by atoms with Gasteiger partial charge in [0.25, 0.3) is 5.69 Å². The molecule has 1 amide bonds. The Balaban J connectivity index is 1.83. The van der Waals surface area contributed by atoms with E-state index < -0.39 is 10.8 Å². The van der Waals surface area contributed by atoms with Crippen LogP contribution in [0.5, 0.6) is 0 Å². The maximum Gasteiger partial charge on any atom is 0.295 e. The number of aryl methyl sites for hydroxylation is 1. The van der Waals surface area contributed by atoms with Crippen molar-refractivity contribution >= 4 is 28.2 Å². The highest BCUT2D eigenvalue weighted by Crippen LogP contribution is 2.29. The van der Waals surface area contributed by atoms with Gasteiger partial charge in [0, 0.05) is 34.9 Å². The number of non-ortho nitro benzene ring substituents is 1. The van der Waals surface area contributed by atoms with Gasteiger partial charge in [-0.05, 0) is 37.1 Å². The van der Waals surface area contributed by atoms with Crippen LogP contribution in [0.4, 0.5) is 11.4 Å². The number of para-hydroxylation sites is 1. The molecule has 3 rings (SSSR count). The number of benzene rings is 2. The van der Waals surface area contributed by atoms with Gasteiger partial charge in [-0.3, -0.25) is 14.9 Å². The minimum absolute atomic E-state index is 0.0107. The third kappa shape index (κ3) is 3.61. The fraction of sp³-hybridized carbons (Fsp3) is 0.158. The van der Waals surface area contributed by atoms with Crippen molar-refractivity contribution in [1.82, 2.24) is 4.98 Å². The van der Waals surface area contributed by atoms with Gasteiger partial charge in [-0.15, -0.1) is 0 Å². The molecule has 7 heteroatoms. The minimum atomic E-state index is -0.456. The van der Waals surface area contributed by atoms with Crippen molar-refractivity contribution in [2.24, 2.45) is 5.73 Å². The molecule has 0 unspecified atom stereocenters. The maximum absolute atomic E-state index is 11.3. The first-order chi connectivity index (χ1) is 12.5. The smallest absolute Gasteiger partial charge is 0.295 e. The van der Waals surface area contributed by atoms with Gasteiger partial charge in [-0.1, -0.05) is 24.3 Å². The van der Waals surface area contributed by atoms with E-state index in [0.717, 1.165) is 11.3 Å². The van der Waals surface area contributed by atoms with Gasteiger partial charge in [0.05, 0.1) is 4.92 Å². The predicted molar refractivity (Wildman–Crippen MR) is 100 cm³/mol. The van der Waals surface area contributed by atoms with Crippen LogP contribution >= 0.6 is 0 Å². The van der Waals surface area contributed by atoms with Gasteiger partial charge >= 0.3 is 0 Å². The van der Waals surface area contributed by atoms with Crippen LogP contribution < -0.4 is 11.1 Å². The lowest BCUT2D eigenvalue weighted by Crippen LogP contribution is -2.12. The van der Waals surface area contributed by atoms with Gasteiger partial charge in [0.15, 0.2) is 5.52 Å². The molecule has 0 aliphatic carbocycles. The Morgan fingerprint density at radius 2 is 2.00 bits per heavy atom. The molecule has 3 aromatic rings. The Labute approximate surface area is 150 Å². The lowest BCUT2D eigenvalue weighted by atomic mass is 10.1. The number of amides is 1. The number of pyridine rings is 1. The molecule has 0 fully saturated rings. The van der Waals surface area contributed by atoms with E-state index >= 15 is 0 Å². The summed E-state index contributed by atoms with van der Waals surface area (Å²) in [4.78, 5) is 26.4. The zero-order chi connectivity index (χ0) is 18.7. The third-order valence-electron chi connectivity index (χ3n) is 4.08. The number of nitrogens with zero attached hydrogens (tertiary/aromatic N) is 2. The average Bonchev–Trinajstić information content (AvgIpc) is 2.61. The van der Waals surface area contributed by atoms with E-state index in [2.05, 4.69) is 10.3 Å². The first kappa shape index (κ1) is 17.3. The summed E-state index contributed by atoms with van der Waals surface area (Å²) in [6.07, 6.45) is 0.679. The Kier molecular flexibility index (Phi) is 4.79. The van der Waals surface area contributed by atoms with E-state index in [0.29, 0.717) is 35.1 Å². The average molecular weight is 350 g/mol. The summed E-state index contributed by atoms with van der Waals surface area (Å²) in [5.74, 6) is -0.456. The number of nitro groups is 1. The van der Waals surface area contributed by atoms with E-state index in [4.69, 9.17) is 5.73 Å². The molecular weight excluding hydrogens is 332 g/mol. The summed E-state index contributed by atoms with van der Waals surface area (Å²) in [6.45, 7) is 2.40. The minimum Gasteiger partial charge on any atom is -0.384 e. The van der Waals surface area contributed by atoms with Gasteiger partial charge in [-0.25, -0.2) is 4.98 Å². The molecule has 0 saturated carbocycles. The van der Waals surface area contributed by atoms with Crippen molar-refractivity contribution in [3.8, 4) is 0 Å². The number of hydrogen-bond acceptors (Lipinski definition) is 5. The standard InChI is InChI=1S/C19H18N4O3/c1-12-10-16(15-6-3-7-17(23(25)26)18(15)22-12)21-9-8-13-4-2-5-14(11-13)19(20)24/h2-7,10-11H,8-9H2,1H3,(H2,20,24)(H,21,22). The fourth-order valence-electron chi connectivity index (χ4n) is 2.88. The van der Waals surface area contributed by atoms with Gasteiger partial charge in [0.1, 0.15) is 0 Å². The van der Waals surface area contributed by atoms with Gasteiger partial charge < -0.3 is 11.1 Å². The second-order valence-electron chi connectivity index (χ2n) is 5.98. The van der Waals surface area contributed by atoms with Crippen molar-refractivity contribution in [3.05, 3.63) is 75.5 Å². The molecule has 0 bridgehead atoms. The lowest BCUT2D eigenvalue weighted by molar-refractivity contribution is -0.383. The molecule has 0 radical (unpaired) electrons. The van der Waals surface area contributed by atoms with Crippen LogP contribution in [0.2, 0.25) is 0 Å². The zero-order valence-electron chi connectivity index (χ0n) is 14.2. The number of anilines is 1.